The van der Waals surface area contributed by atoms with Gasteiger partial charge in [0, 0.05) is 12.7 Å². The maximum absolute atomic E-state index is 9.45. The maximum Gasteiger partial charge on any atom is 0.155 e. The van der Waals surface area contributed by atoms with Gasteiger partial charge in [-0.05, 0) is 35.3 Å². The molecule has 18 heavy (non-hydrogen) atoms. The lowest BCUT2D eigenvalue weighted by Crippen LogP contribution is -2.20. The van der Waals surface area contributed by atoms with Crippen LogP contribution in [0, 0.1) is 0 Å². The molecule has 2 aromatic rings. The number of halogens is 1. The van der Waals surface area contributed by atoms with Crippen LogP contribution in [-0.4, -0.2) is 32.1 Å². The Labute approximate surface area is 114 Å². The number of hydrogen-bond donors (Lipinski definition) is 2. The summed E-state index contributed by atoms with van der Waals surface area (Å²) in [6.07, 6.45) is 6.84. The molecule has 6 heteroatoms. The van der Waals surface area contributed by atoms with Gasteiger partial charge in [0.05, 0.1) is 24.2 Å². The molecule has 0 amide bonds. The summed E-state index contributed by atoms with van der Waals surface area (Å²) >= 11 is 3.35. The molecule has 0 aliphatic rings. The molecule has 2 N–H and O–H groups in total. The largest absolute Gasteiger partial charge is 0.393 e. The minimum atomic E-state index is -0.210. The zero-order valence-electron chi connectivity index (χ0n) is 10.3. The molecule has 0 aliphatic heterocycles. The van der Waals surface area contributed by atoms with E-state index in [1.165, 1.54) is 0 Å². The summed E-state index contributed by atoms with van der Waals surface area (Å²) in [6.45, 7) is 3.52. The van der Waals surface area contributed by atoms with Crippen molar-refractivity contribution >= 4 is 21.6 Å². The maximum atomic E-state index is 9.45. The summed E-state index contributed by atoms with van der Waals surface area (Å²) in [6, 6.07) is 0. The van der Waals surface area contributed by atoms with Crippen LogP contribution in [0.5, 0.6) is 0 Å². The fourth-order valence-corrected chi connectivity index (χ4v) is 2.04. The molecule has 0 aromatic carbocycles. The van der Waals surface area contributed by atoms with Gasteiger partial charge < -0.3 is 10.4 Å². The Bertz CT molecular complexity index is 514. The predicted molar refractivity (Wildman–Crippen MR) is 73.3 cm³/mol. The van der Waals surface area contributed by atoms with Crippen LogP contribution in [0.15, 0.2) is 23.2 Å². The van der Waals surface area contributed by atoms with Crippen molar-refractivity contribution in [3.05, 3.63) is 28.9 Å². The van der Waals surface area contributed by atoms with Crippen LogP contribution >= 0.6 is 15.9 Å². The Morgan fingerprint density at radius 1 is 1.44 bits per heavy atom. The second-order valence-electron chi connectivity index (χ2n) is 4.22. The van der Waals surface area contributed by atoms with Crippen molar-refractivity contribution in [3.8, 4) is 0 Å². The number of hydrogen-bond acceptors (Lipinski definition) is 4. The van der Waals surface area contributed by atoms with E-state index in [4.69, 9.17) is 0 Å². The lowest BCUT2D eigenvalue weighted by Gasteiger charge is -2.08. The molecule has 5 nitrogen and oxygen atoms in total. The van der Waals surface area contributed by atoms with Crippen molar-refractivity contribution in [3.63, 3.8) is 0 Å². The summed E-state index contributed by atoms with van der Waals surface area (Å²) in [7, 11) is 0. The van der Waals surface area contributed by atoms with Gasteiger partial charge in [0.1, 0.15) is 4.60 Å². The van der Waals surface area contributed by atoms with E-state index in [1.54, 1.807) is 6.20 Å². The van der Waals surface area contributed by atoms with Gasteiger partial charge in [0.15, 0.2) is 5.65 Å². The topological polar surface area (TPSA) is 62.5 Å². The molecule has 0 aliphatic carbocycles. The molecule has 0 bridgehead atoms. The fraction of sp³-hybridized carbons (Fsp3) is 0.500. The highest BCUT2D eigenvalue weighted by molar-refractivity contribution is 9.10. The molecule has 2 aromatic heterocycles. The number of imidazole rings is 1. The number of nitrogens with one attached hydrogen (secondary N) is 1. The first-order valence-electron chi connectivity index (χ1n) is 6.07. The van der Waals surface area contributed by atoms with Crippen LogP contribution in [0.25, 0.3) is 5.65 Å². The van der Waals surface area contributed by atoms with E-state index < -0.39 is 0 Å². The molecule has 98 valence electrons. The van der Waals surface area contributed by atoms with Crippen molar-refractivity contribution in [2.24, 2.45) is 0 Å². The van der Waals surface area contributed by atoms with Crippen LogP contribution in [0.3, 0.4) is 0 Å². The minimum absolute atomic E-state index is 0.210. The predicted octanol–water partition coefficient (Wildman–Crippen LogP) is 1.74. The van der Waals surface area contributed by atoms with Crippen LogP contribution in [0.2, 0.25) is 0 Å². The van der Waals surface area contributed by atoms with Crippen molar-refractivity contribution in [2.75, 3.05) is 6.54 Å². The fourth-order valence-electron chi connectivity index (χ4n) is 1.74. The van der Waals surface area contributed by atoms with E-state index in [0.29, 0.717) is 0 Å². The van der Waals surface area contributed by atoms with Gasteiger partial charge in [0.2, 0.25) is 0 Å². The van der Waals surface area contributed by atoms with Gasteiger partial charge >= 0.3 is 0 Å². The summed E-state index contributed by atoms with van der Waals surface area (Å²) in [5.74, 6) is 0. The van der Waals surface area contributed by atoms with Crippen LogP contribution < -0.4 is 5.32 Å². The molecule has 0 saturated carbocycles. The zero-order chi connectivity index (χ0) is 13.0. The van der Waals surface area contributed by atoms with Gasteiger partial charge in [-0.3, -0.25) is 4.40 Å². The summed E-state index contributed by atoms with van der Waals surface area (Å²) in [5, 5.41) is 12.8. The number of aromatic nitrogens is 3. The molecular weight excluding hydrogens is 296 g/mol. The van der Waals surface area contributed by atoms with E-state index in [-0.39, 0.29) is 6.10 Å². The van der Waals surface area contributed by atoms with Crippen LogP contribution in [-0.2, 0) is 6.54 Å². The quantitative estimate of drug-likeness (QED) is 0.798. The summed E-state index contributed by atoms with van der Waals surface area (Å²) in [4.78, 5) is 8.41. The van der Waals surface area contributed by atoms with E-state index in [9.17, 15) is 5.11 Å². The van der Waals surface area contributed by atoms with Gasteiger partial charge in [-0.2, -0.15) is 0 Å². The SMILES string of the molecule is CCC(O)CCNCc1cnc2cnc(Br)cn12. The molecule has 0 saturated heterocycles. The minimum Gasteiger partial charge on any atom is -0.393 e. The molecule has 1 unspecified atom stereocenters. The molecule has 1 atom stereocenters. The highest BCUT2D eigenvalue weighted by atomic mass is 79.9. The Morgan fingerprint density at radius 2 is 2.28 bits per heavy atom. The molecule has 2 rings (SSSR count). The molecule has 0 spiro atoms. The first kappa shape index (κ1) is 13.5. The first-order chi connectivity index (χ1) is 8.70. The first-order valence-corrected chi connectivity index (χ1v) is 6.86. The standard InChI is InChI=1S/C12H17BrN4O/c1-2-10(18)3-4-14-5-9-6-16-12-7-15-11(13)8-17(9)12/h6-8,10,14,18H,2-5H2,1H3. The summed E-state index contributed by atoms with van der Waals surface area (Å²) < 4.78 is 2.79. The van der Waals surface area contributed by atoms with E-state index in [1.807, 2.05) is 23.7 Å². The third kappa shape index (κ3) is 3.28. The van der Waals surface area contributed by atoms with Gasteiger partial charge in [-0.1, -0.05) is 6.92 Å². The van der Waals surface area contributed by atoms with Crippen molar-refractivity contribution in [2.45, 2.75) is 32.4 Å². The zero-order valence-corrected chi connectivity index (χ0v) is 11.9. The summed E-state index contributed by atoms with van der Waals surface area (Å²) in [5.41, 5.74) is 1.92. The number of fused-ring (bicyclic) bond motifs is 1. The average Bonchev–Trinajstić information content (AvgIpc) is 2.77. The molecular formula is C12H17BrN4O. The second-order valence-corrected chi connectivity index (χ2v) is 5.03. The Hall–Kier alpha value is -0.980. The average molecular weight is 313 g/mol. The lowest BCUT2D eigenvalue weighted by atomic mass is 10.2. The second kappa shape index (κ2) is 6.26. The monoisotopic (exact) mass is 312 g/mol. The van der Waals surface area contributed by atoms with E-state index >= 15 is 0 Å². The highest BCUT2D eigenvalue weighted by Gasteiger charge is 2.04. The lowest BCUT2D eigenvalue weighted by molar-refractivity contribution is 0.159. The Balaban J connectivity index is 1.93. The van der Waals surface area contributed by atoms with Gasteiger partial charge in [-0.15, -0.1) is 0 Å². The molecule has 2 heterocycles. The van der Waals surface area contributed by atoms with Gasteiger partial charge in [-0.25, -0.2) is 9.97 Å². The molecule has 0 fully saturated rings. The van der Waals surface area contributed by atoms with Crippen molar-refractivity contribution in [1.82, 2.24) is 19.7 Å². The van der Waals surface area contributed by atoms with Crippen LogP contribution in [0.4, 0.5) is 0 Å². The highest BCUT2D eigenvalue weighted by Crippen LogP contribution is 2.10. The number of rotatable bonds is 6. The van der Waals surface area contributed by atoms with E-state index in [2.05, 4.69) is 31.2 Å². The molecule has 0 radical (unpaired) electrons. The smallest absolute Gasteiger partial charge is 0.155 e. The van der Waals surface area contributed by atoms with Crippen molar-refractivity contribution in [1.29, 1.82) is 0 Å². The normalized spacial score (nSPS) is 13.1. The van der Waals surface area contributed by atoms with Crippen LogP contribution in [0.1, 0.15) is 25.5 Å². The van der Waals surface area contributed by atoms with E-state index in [0.717, 1.165) is 41.9 Å². The Kier molecular flexibility index (Phi) is 4.68. The van der Waals surface area contributed by atoms with Crippen molar-refractivity contribution < 1.29 is 5.11 Å². The third-order valence-corrected chi connectivity index (χ3v) is 3.28. The third-order valence-electron chi connectivity index (χ3n) is 2.87. The number of nitrogens with zero attached hydrogens (tertiary/aromatic N) is 3. The van der Waals surface area contributed by atoms with Gasteiger partial charge in [0.25, 0.3) is 0 Å². The number of aliphatic hydroxyl groups is 1. The number of aliphatic hydroxyl groups excluding tert-OH is 1. The Morgan fingerprint density at radius 3 is 3.06 bits per heavy atom.